The number of halogens is 1. The Morgan fingerprint density at radius 1 is 1.00 bits per heavy atom. The fourth-order valence-corrected chi connectivity index (χ4v) is 4.99. The van der Waals surface area contributed by atoms with Gasteiger partial charge in [0.2, 0.25) is 11.9 Å². The van der Waals surface area contributed by atoms with Gasteiger partial charge in [0.1, 0.15) is 40.7 Å². The van der Waals surface area contributed by atoms with Crippen LogP contribution in [-0.2, 0) is 42.2 Å². The van der Waals surface area contributed by atoms with E-state index in [1.54, 1.807) is 79.4 Å². The summed E-state index contributed by atoms with van der Waals surface area (Å²) in [6, 6.07) is 4.17. The summed E-state index contributed by atoms with van der Waals surface area (Å²) >= 11 is 0.920. The van der Waals surface area contributed by atoms with Crippen LogP contribution >= 0.6 is 11.3 Å². The van der Waals surface area contributed by atoms with Crippen LogP contribution in [0.4, 0.5) is 19.1 Å². The third kappa shape index (κ3) is 14.4. The zero-order valence-corrected chi connectivity index (χ0v) is 32.4. The summed E-state index contributed by atoms with van der Waals surface area (Å²) in [6.45, 7) is 15.7. The summed E-state index contributed by atoms with van der Waals surface area (Å²) in [6.07, 6.45) is 1.28. The Morgan fingerprint density at radius 2 is 1.64 bits per heavy atom. The maximum atomic E-state index is 15.4. The first kappa shape index (κ1) is 42.2. The van der Waals surface area contributed by atoms with Gasteiger partial charge in [0, 0.05) is 23.6 Å². The van der Waals surface area contributed by atoms with Gasteiger partial charge in [-0.2, -0.15) is 4.68 Å². The van der Waals surface area contributed by atoms with E-state index in [0.717, 1.165) is 17.4 Å². The maximum absolute atomic E-state index is 15.4. The van der Waals surface area contributed by atoms with Crippen LogP contribution in [0.2, 0.25) is 0 Å². The highest BCUT2D eigenvalue weighted by Crippen LogP contribution is 2.26. The molecule has 3 rings (SSSR count). The summed E-state index contributed by atoms with van der Waals surface area (Å²) in [4.78, 5) is 58.5. The number of aliphatic carboxylic acids is 1. The van der Waals surface area contributed by atoms with E-state index >= 15 is 4.39 Å². The molecule has 0 aliphatic heterocycles. The van der Waals surface area contributed by atoms with Crippen molar-refractivity contribution >= 4 is 46.3 Å². The number of ether oxygens (including phenoxy) is 4. The number of hydrogen-bond donors (Lipinski definition) is 3. The number of nitrogens with zero attached hydrogens (tertiary/aromatic N) is 4. The van der Waals surface area contributed by atoms with Crippen LogP contribution < -0.4 is 20.1 Å². The second-order valence-corrected chi connectivity index (χ2v) is 15.6. The largest absolute Gasteiger partial charge is 0.489 e. The smallest absolute Gasteiger partial charge is 0.413 e. The predicted molar refractivity (Wildman–Crippen MR) is 192 cm³/mol. The lowest BCUT2D eigenvalue weighted by Crippen LogP contribution is -2.39. The molecule has 290 valence electrons. The molecule has 2 amide bonds. The van der Waals surface area contributed by atoms with Crippen LogP contribution in [0.5, 0.6) is 5.75 Å². The first-order chi connectivity index (χ1) is 24.5. The zero-order chi connectivity index (χ0) is 39.7. The fraction of sp³-hybridized carbons (Fsp3) is 0.514. The number of nitrogens with one attached hydrogen (secondary N) is 2. The minimum Gasteiger partial charge on any atom is -0.489 e. The Balaban J connectivity index is 1.71. The molecule has 0 fully saturated rings. The monoisotopic (exact) mass is 763 g/mol. The number of oxime groups is 1. The number of carboxylic acid groups (broad SMARTS) is 1. The highest BCUT2D eigenvalue weighted by Gasteiger charge is 2.30. The molecule has 0 spiro atoms. The molecule has 1 unspecified atom stereocenters. The Labute approximate surface area is 311 Å². The van der Waals surface area contributed by atoms with E-state index in [0.29, 0.717) is 25.1 Å². The number of rotatable bonds is 14. The van der Waals surface area contributed by atoms with E-state index in [1.165, 1.54) is 17.5 Å². The highest BCUT2D eigenvalue weighted by molar-refractivity contribution is 7.14. The molecule has 0 bridgehead atoms. The molecule has 0 aliphatic carbocycles. The number of esters is 1. The number of hydrogen-bond acceptors (Lipinski definition) is 12. The average Bonchev–Trinajstić information content (AvgIpc) is 3.59. The topological polar surface area (TPSA) is 193 Å². The molecule has 1 atom stereocenters. The van der Waals surface area contributed by atoms with E-state index in [-0.39, 0.29) is 22.1 Å². The van der Waals surface area contributed by atoms with Gasteiger partial charge in [-0.1, -0.05) is 5.16 Å². The van der Waals surface area contributed by atoms with Crippen molar-refractivity contribution in [3.8, 4) is 16.9 Å². The van der Waals surface area contributed by atoms with Gasteiger partial charge in [-0.15, -0.1) is 16.0 Å². The van der Waals surface area contributed by atoms with Gasteiger partial charge in [0.05, 0.1) is 18.3 Å². The van der Waals surface area contributed by atoms with Gasteiger partial charge >= 0.3 is 24.1 Å². The summed E-state index contributed by atoms with van der Waals surface area (Å²) < 4.78 is 40.6. The molecule has 2 aromatic heterocycles. The molecule has 0 saturated heterocycles. The lowest BCUT2D eigenvalue weighted by atomic mass is 10.1. The minimum absolute atomic E-state index is 0.0404. The number of aryl methyl sites for hydroxylation is 2. The van der Waals surface area contributed by atoms with Crippen molar-refractivity contribution in [3.63, 3.8) is 0 Å². The molecule has 0 saturated carbocycles. The normalized spacial score (nSPS) is 12.8. The van der Waals surface area contributed by atoms with Crippen molar-refractivity contribution in [2.75, 3.05) is 18.5 Å². The van der Waals surface area contributed by atoms with Crippen molar-refractivity contribution in [2.45, 2.75) is 98.2 Å². The second kappa shape index (κ2) is 17.5. The molecular weight excluding hydrogens is 715 g/mol. The van der Waals surface area contributed by atoms with Crippen LogP contribution in [0, 0.1) is 5.82 Å². The number of carboxylic acids is 1. The lowest BCUT2D eigenvalue weighted by molar-refractivity contribution is -0.753. The Kier molecular flexibility index (Phi) is 13.9. The van der Waals surface area contributed by atoms with Gasteiger partial charge in [0.25, 0.3) is 6.10 Å². The number of carbonyl (C=O) groups excluding carboxylic acids is 3. The van der Waals surface area contributed by atoms with E-state index in [9.17, 15) is 24.3 Å². The third-order valence-electron chi connectivity index (χ3n) is 6.40. The SMILES string of the molecule is C[n+]1cc(-c2ccc(OCC(O/N=C(/C(=O)O)c3csc(NC(=O)OC(C)(C)C)n3)C(=O)OC(C)(C)C)cc2F)cn1CCCNC(=O)OC(C)(C)C. The molecule has 3 aromatic rings. The van der Waals surface area contributed by atoms with E-state index in [1.807, 2.05) is 11.7 Å². The zero-order valence-electron chi connectivity index (χ0n) is 31.6. The molecule has 0 radical (unpaired) electrons. The molecule has 2 heterocycles. The number of aromatic nitrogens is 3. The van der Waals surface area contributed by atoms with Gasteiger partial charge in [-0.25, -0.2) is 28.6 Å². The summed E-state index contributed by atoms with van der Waals surface area (Å²) in [5.74, 6) is -2.99. The van der Waals surface area contributed by atoms with Crippen molar-refractivity contribution in [1.29, 1.82) is 0 Å². The predicted octanol–water partition coefficient (Wildman–Crippen LogP) is 5.43. The number of amides is 2. The number of anilines is 1. The molecule has 3 N–H and O–H groups in total. The second-order valence-electron chi connectivity index (χ2n) is 14.7. The van der Waals surface area contributed by atoms with Crippen LogP contribution in [0.3, 0.4) is 0 Å². The van der Waals surface area contributed by atoms with E-state index in [2.05, 4.69) is 20.8 Å². The molecule has 53 heavy (non-hydrogen) atoms. The van der Waals surface area contributed by atoms with Gasteiger partial charge in [-0.3, -0.25) is 5.32 Å². The lowest BCUT2D eigenvalue weighted by Gasteiger charge is -2.23. The standard InChI is InChI=1S/C35H47FN6O10S/c1-33(2,3)49-29(45)26(52-40-27(28(43)44)25-20-53-30(38-25)39-32(47)51-35(7,8)9)19-48-22-12-13-23(24(36)16-22)21-17-41(10)42(18-21)15-11-14-37-31(46)50-34(4,5)6/h12-13,16-18,20,26H,11,14-15,19H2,1-10H3,(H2-,37,38,39,43,44,46,47)/p+1/b40-27+. The molecule has 16 nitrogen and oxygen atoms in total. The van der Waals surface area contributed by atoms with Crippen molar-refractivity contribution in [1.82, 2.24) is 15.0 Å². The molecule has 1 aromatic carbocycles. The van der Waals surface area contributed by atoms with E-state index in [4.69, 9.17) is 23.8 Å². The van der Waals surface area contributed by atoms with Crippen LogP contribution in [0.25, 0.3) is 11.1 Å². The number of thiazole rings is 1. The van der Waals surface area contributed by atoms with E-state index < -0.39 is 65.2 Å². The number of carbonyl (C=O) groups is 4. The van der Waals surface area contributed by atoms with Crippen molar-refractivity contribution in [2.24, 2.45) is 12.2 Å². The first-order valence-electron chi connectivity index (χ1n) is 16.6. The third-order valence-corrected chi connectivity index (χ3v) is 7.16. The highest BCUT2D eigenvalue weighted by atomic mass is 32.1. The minimum atomic E-state index is -1.57. The van der Waals surface area contributed by atoms with Gasteiger partial charge in [0.15, 0.2) is 12.2 Å². The van der Waals surface area contributed by atoms with Crippen molar-refractivity contribution < 1.29 is 57.1 Å². The van der Waals surface area contributed by atoms with Crippen LogP contribution in [0.1, 0.15) is 74.4 Å². The summed E-state index contributed by atoms with van der Waals surface area (Å²) in [7, 11) is 1.81. The Bertz CT molecular complexity index is 1800. The van der Waals surface area contributed by atoms with Crippen LogP contribution in [0.15, 0.2) is 41.1 Å². The fourth-order valence-electron chi connectivity index (χ4n) is 4.31. The quantitative estimate of drug-likeness (QED) is 0.0474. The van der Waals surface area contributed by atoms with Gasteiger partial charge < -0.3 is 34.2 Å². The van der Waals surface area contributed by atoms with Gasteiger partial charge in [-0.05, 0) is 80.9 Å². The summed E-state index contributed by atoms with van der Waals surface area (Å²) in [5.41, 5.74) is -2.24. The summed E-state index contributed by atoms with van der Waals surface area (Å²) in [5, 5.41) is 20.0. The molecular formula is C35H48FN6O10S+. The van der Waals surface area contributed by atoms with Crippen LogP contribution in [-0.4, -0.2) is 80.7 Å². The number of alkyl carbamates (subject to hydrolysis) is 1. The van der Waals surface area contributed by atoms with Crippen molar-refractivity contribution in [3.05, 3.63) is 47.5 Å². The molecule has 0 aliphatic rings. The molecule has 18 heteroatoms. The average molecular weight is 764 g/mol. The Hall–Kier alpha value is -5.26. The number of benzene rings is 1. The first-order valence-corrected chi connectivity index (χ1v) is 17.5. The Morgan fingerprint density at radius 3 is 2.25 bits per heavy atom. The maximum Gasteiger partial charge on any atom is 0.413 e.